The number of aliphatic hydroxyl groups excluding tert-OH is 1. The molecule has 0 spiro atoms. The second-order valence-electron chi connectivity index (χ2n) is 6.19. The molecule has 116 valence electrons. The van der Waals surface area contributed by atoms with Crippen molar-refractivity contribution in [2.75, 3.05) is 5.32 Å². The van der Waals surface area contributed by atoms with Gasteiger partial charge in [0.2, 0.25) is 0 Å². The highest BCUT2D eigenvalue weighted by molar-refractivity contribution is 5.80. The smallest absolute Gasteiger partial charge is 0.130 e. The monoisotopic (exact) mass is 305 g/mol. The Morgan fingerprint density at radius 3 is 2.91 bits per heavy atom. The first-order chi connectivity index (χ1) is 11.1. The molecule has 1 heterocycles. The van der Waals surface area contributed by atoms with Gasteiger partial charge in [-0.15, -0.1) is 0 Å². The molecular weight excluding hydrogens is 286 g/mol. The van der Waals surface area contributed by atoms with E-state index in [4.69, 9.17) is 0 Å². The van der Waals surface area contributed by atoms with Gasteiger partial charge in [0, 0.05) is 23.2 Å². The first-order valence-electron chi connectivity index (χ1n) is 7.84. The van der Waals surface area contributed by atoms with Crippen molar-refractivity contribution in [1.82, 2.24) is 10.2 Å². The Bertz CT molecular complexity index is 880. The normalized spacial score (nSPS) is 13.5. The van der Waals surface area contributed by atoms with Gasteiger partial charge in [-0.05, 0) is 43.2 Å². The van der Waals surface area contributed by atoms with Crippen molar-refractivity contribution in [3.63, 3.8) is 0 Å². The van der Waals surface area contributed by atoms with Crippen LogP contribution in [0.4, 0.5) is 11.5 Å². The second-order valence-corrected chi connectivity index (χ2v) is 6.19. The summed E-state index contributed by atoms with van der Waals surface area (Å²) in [4.78, 5) is 0. The number of aliphatic hydroxyl groups is 1. The van der Waals surface area contributed by atoms with Crippen LogP contribution in [0.2, 0.25) is 0 Å². The third-order valence-corrected chi connectivity index (χ3v) is 4.39. The van der Waals surface area contributed by atoms with Crippen LogP contribution in [0, 0.1) is 6.92 Å². The number of aromatic nitrogens is 2. The minimum absolute atomic E-state index is 0.475. The molecule has 1 aromatic heterocycles. The van der Waals surface area contributed by atoms with Gasteiger partial charge in [0.15, 0.2) is 0 Å². The molecule has 0 bridgehead atoms. The summed E-state index contributed by atoms with van der Waals surface area (Å²) in [6.07, 6.45) is 0.413. The largest absolute Gasteiger partial charge is 0.389 e. The molecule has 1 aliphatic rings. The Balaban J connectivity index is 1.67. The lowest BCUT2D eigenvalue weighted by Gasteiger charge is -2.09. The summed E-state index contributed by atoms with van der Waals surface area (Å²) in [6.45, 7) is 3.87. The highest BCUT2D eigenvalue weighted by atomic mass is 16.3. The Morgan fingerprint density at radius 1 is 1.22 bits per heavy atom. The van der Waals surface area contributed by atoms with Gasteiger partial charge in [-0.2, -0.15) is 5.10 Å². The number of aromatic amines is 1. The number of H-pyrrole nitrogens is 1. The molecule has 23 heavy (non-hydrogen) atoms. The summed E-state index contributed by atoms with van der Waals surface area (Å²) in [5.74, 6) is 0.927. The summed E-state index contributed by atoms with van der Waals surface area (Å²) in [6, 6.07) is 14.3. The lowest BCUT2D eigenvalue weighted by atomic mass is 10.1. The van der Waals surface area contributed by atoms with Crippen molar-refractivity contribution < 1.29 is 5.11 Å². The standard InChI is InChI=1S/C19H19N3O/c1-11-6-7-14-10-17-18(16(14)8-11)21-22-19(17)20-15-5-3-4-13(9-15)12(2)23/h3-9,12,23H,10H2,1-2H3,(H2,20,21,22). The number of aryl methyl sites for hydroxylation is 1. The molecule has 4 heteroatoms. The van der Waals surface area contributed by atoms with E-state index in [-0.39, 0.29) is 0 Å². The number of hydrogen-bond donors (Lipinski definition) is 3. The number of hydrogen-bond acceptors (Lipinski definition) is 3. The van der Waals surface area contributed by atoms with E-state index in [1.54, 1.807) is 6.92 Å². The topological polar surface area (TPSA) is 60.9 Å². The van der Waals surface area contributed by atoms with Crippen LogP contribution in [0.3, 0.4) is 0 Å². The van der Waals surface area contributed by atoms with Gasteiger partial charge in [0.25, 0.3) is 0 Å². The van der Waals surface area contributed by atoms with E-state index < -0.39 is 6.10 Å². The second kappa shape index (κ2) is 5.25. The molecule has 2 aromatic carbocycles. The molecular formula is C19H19N3O. The zero-order chi connectivity index (χ0) is 16.0. The van der Waals surface area contributed by atoms with Gasteiger partial charge < -0.3 is 10.4 Å². The first-order valence-corrected chi connectivity index (χ1v) is 7.84. The predicted octanol–water partition coefficient (Wildman–Crippen LogP) is 4.09. The van der Waals surface area contributed by atoms with E-state index in [1.807, 2.05) is 24.3 Å². The van der Waals surface area contributed by atoms with Crippen molar-refractivity contribution in [1.29, 1.82) is 0 Å². The lowest BCUT2D eigenvalue weighted by molar-refractivity contribution is 0.199. The minimum atomic E-state index is -0.475. The van der Waals surface area contributed by atoms with Gasteiger partial charge in [0.1, 0.15) is 5.82 Å². The molecule has 0 aliphatic heterocycles. The number of benzene rings is 2. The predicted molar refractivity (Wildman–Crippen MR) is 91.9 cm³/mol. The van der Waals surface area contributed by atoms with Gasteiger partial charge in [-0.25, -0.2) is 0 Å². The zero-order valence-electron chi connectivity index (χ0n) is 13.2. The molecule has 1 aliphatic carbocycles. The van der Waals surface area contributed by atoms with Gasteiger partial charge >= 0.3 is 0 Å². The van der Waals surface area contributed by atoms with Gasteiger partial charge in [0.05, 0.1) is 11.8 Å². The molecule has 4 rings (SSSR count). The van der Waals surface area contributed by atoms with E-state index in [1.165, 1.54) is 22.3 Å². The van der Waals surface area contributed by atoms with Crippen molar-refractivity contribution in [2.24, 2.45) is 0 Å². The Morgan fingerprint density at radius 2 is 2.09 bits per heavy atom. The number of fused-ring (bicyclic) bond motifs is 3. The Labute approximate surface area is 135 Å². The van der Waals surface area contributed by atoms with Crippen LogP contribution < -0.4 is 5.32 Å². The van der Waals surface area contributed by atoms with Crippen LogP contribution in [-0.4, -0.2) is 15.3 Å². The Kier molecular flexibility index (Phi) is 3.20. The van der Waals surface area contributed by atoms with E-state index in [9.17, 15) is 5.11 Å². The molecule has 0 fully saturated rings. The van der Waals surface area contributed by atoms with Crippen LogP contribution in [0.15, 0.2) is 42.5 Å². The molecule has 0 amide bonds. The number of rotatable bonds is 3. The van der Waals surface area contributed by atoms with Crippen molar-refractivity contribution in [3.05, 3.63) is 64.7 Å². The summed E-state index contributed by atoms with van der Waals surface area (Å²) in [5.41, 5.74) is 7.88. The highest BCUT2D eigenvalue weighted by Crippen LogP contribution is 2.39. The van der Waals surface area contributed by atoms with Crippen molar-refractivity contribution in [2.45, 2.75) is 26.4 Å². The van der Waals surface area contributed by atoms with Gasteiger partial charge in [-0.3, -0.25) is 5.10 Å². The minimum Gasteiger partial charge on any atom is -0.389 e. The molecule has 0 saturated heterocycles. The van der Waals surface area contributed by atoms with Gasteiger partial charge in [-0.1, -0.05) is 29.8 Å². The third-order valence-electron chi connectivity index (χ3n) is 4.39. The molecule has 1 atom stereocenters. The van der Waals surface area contributed by atoms with Crippen LogP contribution in [0.1, 0.15) is 35.3 Å². The molecule has 3 N–H and O–H groups in total. The Hall–Kier alpha value is -2.59. The number of nitrogens with one attached hydrogen (secondary N) is 2. The molecule has 1 unspecified atom stereocenters. The van der Waals surface area contributed by atoms with Crippen LogP contribution in [-0.2, 0) is 6.42 Å². The summed E-state index contributed by atoms with van der Waals surface area (Å²) < 4.78 is 0. The van der Waals surface area contributed by atoms with E-state index in [0.717, 1.165) is 29.2 Å². The van der Waals surface area contributed by atoms with Crippen molar-refractivity contribution >= 4 is 11.5 Å². The van der Waals surface area contributed by atoms with E-state index in [2.05, 4.69) is 40.6 Å². The summed E-state index contributed by atoms with van der Waals surface area (Å²) >= 11 is 0. The average molecular weight is 305 g/mol. The van der Waals surface area contributed by atoms with Crippen molar-refractivity contribution in [3.8, 4) is 11.3 Å². The zero-order valence-corrected chi connectivity index (χ0v) is 13.2. The maximum absolute atomic E-state index is 9.73. The number of nitrogens with zero attached hydrogens (tertiary/aromatic N) is 1. The third kappa shape index (κ3) is 2.41. The molecule has 0 saturated carbocycles. The van der Waals surface area contributed by atoms with Crippen LogP contribution in [0.5, 0.6) is 0 Å². The fourth-order valence-electron chi connectivity index (χ4n) is 3.14. The quantitative estimate of drug-likeness (QED) is 0.534. The fraction of sp³-hybridized carbons (Fsp3) is 0.211. The highest BCUT2D eigenvalue weighted by Gasteiger charge is 2.24. The van der Waals surface area contributed by atoms with E-state index >= 15 is 0 Å². The van der Waals surface area contributed by atoms with E-state index in [0.29, 0.717) is 0 Å². The summed E-state index contributed by atoms with van der Waals surface area (Å²) in [7, 11) is 0. The molecule has 3 aromatic rings. The van der Waals surface area contributed by atoms with Crippen LogP contribution >= 0.6 is 0 Å². The lowest BCUT2D eigenvalue weighted by Crippen LogP contribution is -1.97. The fourth-order valence-corrected chi connectivity index (χ4v) is 3.14. The maximum Gasteiger partial charge on any atom is 0.130 e. The average Bonchev–Trinajstić information content (AvgIpc) is 3.08. The molecule has 4 nitrogen and oxygen atoms in total. The number of anilines is 2. The SMILES string of the molecule is Cc1ccc2c(c1)-c1n[nH]c(Nc3cccc(C(C)O)c3)c1C2. The maximum atomic E-state index is 9.73. The summed E-state index contributed by atoms with van der Waals surface area (Å²) in [5, 5.41) is 20.7. The van der Waals surface area contributed by atoms with Crippen LogP contribution in [0.25, 0.3) is 11.3 Å². The molecule has 0 radical (unpaired) electrons. The first kappa shape index (κ1) is 14.0.